The smallest absolute Gasteiger partial charge is 0.337 e. The third-order valence-corrected chi connectivity index (χ3v) is 1.97. The fraction of sp³-hybridized carbons (Fsp3) is 0.0909. The highest BCUT2D eigenvalue weighted by Crippen LogP contribution is 2.09. The number of carboxylic acid groups (broad SMARTS) is 1. The summed E-state index contributed by atoms with van der Waals surface area (Å²) in [5, 5.41) is 8.68. The van der Waals surface area contributed by atoms with Crippen LogP contribution in [0.4, 0.5) is 0 Å². The molecule has 0 bridgehead atoms. The van der Waals surface area contributed by atoms with Gasteiger partial charge in [0.1, 0.15) is 6.61 Å². The molecule has 6 heteroatoms. The number of rotatable bonds is 4. The van der Waals surface area contributed by atoms with Gasteiger partial charge in [-0.25, -0.2) is 9.78 Å². The van der Waals surface area contributed by atoms with E-state index in [0.717, 1.165) is 0 Å². The Morgan fingerprint density at radius 2 is 2.12 bits per heavy atom. The third kappa shape index (κ3) is 2.97. The van der Waals surface area contributed by atoms with Gasteiger partial charge in [0.2, 0.25) is 5.88 Å². The fourth-order valence-electron chi connectivity index (χ4n) is 1.14. The van der Waals surface area contributed by atoms with Gasteiger partial charge >= 0.3 is 5.97 Å². The minimum absolute atomic E-state index is 0.122. The van der Waals surface area contributed by atoms with Crippen LogP contribution in [-0.2, 0) is 6.61 Å². The molecule has 2 aromatic rings. The quantitative estimate of drug-likeness (QED) is 0.849. The highest BCUT2D eigenvalue weighted by Gasteiger charge is 2.03. The summed E-state index contributed by atoms with van der Waals surface area (Å²) in [6, 6.07) is 2.93. The first kappa shape index (κ1) is 11.0. The number of ether oxygens (including phenoxy) is 1. The topological polar surface area (TPSA) is 85.2 Å². The van der Waals surface area contributed by atoms with Crippen LogP contribution in [0.3, 0.4) is 0 Å². The second-order valence-electron chi connectivity index (χ2n) is 3.18. The van der Waals surface area contributed by atoms with Crippen molar-refractivity contribution in [3.63, 3.8) is 0 Å². The fourth-order valence-corrected chi connectivity index (χ4v) is 1.14. The summed E-state index contributed by atoms with van der Waals surface area (Å²) in [5.74, 6) is -0.668. The second kappa shape index (κ2) is 5.02. The van der Waals surface area contributed by atoms with Crippen LogP contribution in [0.1, 0.15) is 16.1 Å². The first-order valence-corrected chi connectivity index (χ1v) is 4.83. The van der Waals surface area contributed by atoms with Crippen molar-refractivity contribution in [2.75, 3.05) is 0 Å². The Bertz CT molecular complexity index is 499. The average Bonchev–Trinajstić information content (AvgIpc) is 2.38. The predicted molar refractivity (Wildman–Crippen MR) is 57.6 cm³/mol. The number of hydrogen-bond donors (Lipinski definition) is 1. The van der Waals surface area contributed by atoms with Crippen LogP contribution in [0.2, 0.25) is 0 Å². The maximum Gasteiger partial charge on any atom is 0.337 e. The van der Waals surface area contributed by atoms with Crippen LogP contribution in [0, 0.1) is 0 Å². The molecule has 0 aliphatic carbocycles. The van der Waals surface area contributed by atoms with Crippen LogP contribution >= 0.6 is 0 Å². The summed E-state index contributed by atoms with van der Waals surface area (Å²) in [4.78, 5) is 22.4. The molecule has 0 saturated heterocycles. The summed E-state index contributed by atoms with van der Waals surface area (Å²) >= 11 is 0. The monoisotopic (exact) mass is 231 g/mol. The van der Waals surface area contributed by atoms with Crippen molar-refractivity contribution < 1.29 is 14.6 Å². The van der Waals surface area contributed by atoms with Crippen LogP contribution in [-0.4, -0.2) is 26.0 Å². The second-order valence-corrected chi connectivity index (χ2v) is 3.18. The Morgan fingerprint density at radius 3 is 2.71 bits per heavy atom. The van der Waals surface area contributed by atoms with E-state index in [2.05, 4.69) is 15.0 Å². The average molecular weight is 231 g/mol. The summed E-state index contributed by atoms with van der Waals surface area (Å²) in [5.41, 5.74) is 0.800. The zero-order valence-electron chi connectivity index (χ0n) is 8.78. The summed E-state index contributed by atoms with van der Waals surface area (Å²) in [6.07, 6.45) is 5.98. The number of pyridine rings is 1. The Kier molecular flexibility index (Phi) is 3.25. The SMILES string of the molecule is O=C(O)c1ccc(OCc2cnccn2)nc1. The number of aromatic nitrogens is 3. The lowest BCUT2D eigenvalue weighted by Gasteiger charge is -2.03. The maximum atomic E-state index is 10.6. The van der Waals surface area contributed by atoms with E-state index in [1.54, 1.807) is 18.6 Å². The highest BCUT2D eigenvalue weighted by atomic mass is 16.5. The van der Waals surface area contributed by atoms with Gasteiger partial charge < -0.3 is 9.84 Å². The van der Waals surface area contributed by atoms with E-state index in [0.29, 0.717) is 11.6 Å². The normalized spacial score (nSPS) is 9.88. The van der Waals surface area contributed by atoms with Gasteiger partial charge in [-0.1, -0.05) is 0 Å². The van der Waals surface area contributed by atoms with Gasteiger partial charge in [-0.05, 0) is 6.07 Å². The van der Waals surface area contributed by atoms with Gasteiger partial charge in [-0.2, -0.15) is 0 Å². The molecule has 0 saturated carbocycles. The molecule has 0 aliphatic rings. The number of nitrogens with zero attached hydrogens (tertiary/aromatic N) is 3. The van der Waals surface area contributed by atoms with E-state index in [-0.39, 0.29) is 12.2 Å². The molecule has 2 heterocycles. The Hall–Kier alpha value is -2.50. The molecule has 0 spiro atoms. The lowest BCUT2D eigenvalue weighted by Crippen LogP contribution is -2.01. The molecule has 0 fully saturated rings. The number of aromatic carboxylic acids is 1. The minimum Gasteiger partial charge on any atom is -0.478 e. The molecule has 0 atom stereocenters. The largest absolute Gasteiger partial charge is 0.478 e. The predicted octanol–water partition coefficient (Wildman–Crippen LogP) is 1.15. The van der Waals surface area contributed by atoms with Crippen LogP contribution < -0.4 is 4.74 Å². The van der Waals surface area contributed by atoms with Gasteiger partial charge in [0.05, 0.1) is 17.5 Å². The highest BCUT2D eigenvalue weighted by molar-refractivity contribution is 5.87. The molecule has 17 heavy (non-hydrogen) atoms. The van der Waals surface area contributed by atoms with Crippen molar-refractivity contribution in [1.82, 2.24) is 15.0 Å². The van der Waals surface area contributed by atoms with Crippen molar-refractivity contribution in [2.45, 2.75) is 6.61 Å². The molecule has 0 unspecified atom stereocenters. The van der Waals surface area contributed by atoms with Crippen LogP contribution in [0.5, 0.6) is 5.88 Å². The lowest BCUT2D eigenvalue weighted by molar-refractivity contribution is 0.0696. The molecule has 2 rings (SSSR count). The minimum atomic E-state index is -1.02. The zero-order chi connectivity index (χ0) is 12.1. The van der Waals surface area contributed by atoms with E-state index < -0.39 is 5.97 Å². The molecule has 0 amide bonds. The first-order valence-electron chi connectivity index (χ1n) is 4.83. The van der Waals surface area contributed by atoms with Crippen LogP contribution in [0.25, 0.3) is 0 Å². The molecule has 86 valence electrons. The number of carbonyl (C=O) groups is 1. The summed E-state index contributed by atoms with van der Waals surface area (Å²) in [6.45, 7) is 0.243. The molecular formula is C11H9N3O3. The van der Waals surface area contributed by atoms with E-state index in [4.69, 9.17) is 9.84 Å². The van der Waals surface area contributed by atoms with Crippen molar-refractivity contribution in [3.05, 3.63) is 48.2 Å². The van der Waals surface area contributed by atoms with Gasteiger partial charge in [0.15, 0.2) is 0 Å². The molecule has 0 aliphatic heterocycles. The lowest BCUT2D eigenvalue weighted by atomic mass is 10.3. The molecular weight excluding hydrogens is 222 g/mol. The van der Waals surface area contributed by atoms with Gasteiger partial charge in [-0.3, -0.25) is 9.97 Å². The van der Waals surface area contributed by atoms with E-state index >= 15 is 0 Å². The Morgan fingerprint density at radius 1 is 1.24 bits per heavy atom. The van der Waals surface area contributed by atoms with E-state index in [1.165, 1.54) is 18.3 Å². The summed E-state index contributed by atoms with van der Waals surface area (Å²) < 4.78 is 5.32. The van der Waals surface area contributed by atoms with Crippen LogP contribution in [0.15, 0.2) is 36.9 Å². The number of carboxylic acids is 1. The van der Waals surface area contributed by atoms with E-state index in [1.807, 2.05) is 0 Å². The molecule has 1 N–H and O–H groups in total. The Balaban J connectivity index is 1.98. The molecule has 6 nitrogen and oxygen atoms in total. The van der Waals surface area contributed by atoms with Gasteiger partial charge in [0, 0.05) is 24.7 Å². The molecule has 0 aromatic carbocycles. The third-order valence-electron chi connectivity index (χ3n) is 1.97. The van der Waals surface area contributed by atoms with Crippen molar-refractivity contribution in [1.29, 1.82) is 0 Å². The molecule has 2 aromatic heterocycles. The first-order chi connectivity index (χ1) is 8.25. The standard InChI is InChI=1S/C11H9N3O3/c15-11(16)8-1-2-10(14-5-8)17-7-9-6-12-3-4-13-9/h1-6H,7H2,(H,15,16). The molecule has 0 radical (unpaired) electrons. The van der Waals surface area contributed by atoms with Gasteiger partial charge in [0.25, 0.3) is 0 Å². The van der Waals surface area contributed by atoms with Crippen molar-refractivity contribution >= 4 is 5.97 Å². The van der Waals surface area contributed by atoms with Gasteiger partial charge in [-0.15, -0.1) is 0 Å². The van der Waals surface area contributed by atoms with Crippen molar-refractivity contribution in [3.8, 4) is 5.88 Å². The van der Waals surface area contributed by atoms with E-state index in [9.17, 15) is 4.79 Å². The summed E-state index contributed by atoms with van der Waals surface area (Å²) in [7, 11) is 0. The van der Waals surface area contributed by atoms with Crippen molar-refractivity contribution in [2.24, 2.45) is 0 Å². The zero-order valence-corrected chi connectivity index (χ0v) is 8.78. The maximum absolute atomic E-state index is 10.6. The Labute approximate surface area is 96.9 Å². The number of hydrogen-bond acceptors (Lipinski definition) is 5.